The Bertz CT molecular complexity index is 683. The van der Waals surface area contributed by atoms with E-state index in [0.717, 1.165) is 16.7 Å². The van der Waals surface area contributed by atoms with Crippen molar-refractivity contribution in [3.63, 3.8) is 0 Å². The molecule has 2 heterocycles. The molecule has 19 heavy (non-hydrogen) atoms. The van der Waals surface area contributed by atoms with Gasteiger partial charge >= 0.3 is 0 Å². The van der Waals surface area contributed by atoms with Gasteiger partial charge in [0, 0.05) is 6.20 Å². The lowest BCUT2D eigenvalue weighted by Gasteiger charge is -2.12. The summed E-state index contributed by atoms with van der Waals surface area (Å²) in [5, 5.41) is 11.4. The maximum absolute atomic E-state index is 4.43. The van der Waals surface area contributed by atoms with E-state index in [1.165, 1.54) is 0 Å². The van der Waals surface area contributed by atoms with Crippen LogP contribution in [-0.2, 0) is 0 Å². The average Bonchev–Trinajstić information content (AvgIpc) is 2.48. The van der Waals surface area contributed by atoms with Crippen molar-refractivity contribution in [1.82, 2.24) is 20.2 Å². The number of benzene rings is 1. The summed E-state index contributed by atoms with van der Waals surface area (Å²) >= 11 is 0. The molecule has 0 aliphatic carbocycles. The SMILES string of the molecule is CC(Nc1nnc2ccccc2n1)c1ccccn1. The molecule has 1 N–H and O–H groups in total. The van der Waals surface area contributed by atoms with Crippen molar-refractivity contribution in [2.24, 2.45) is 0 Å². The first kappa shape index (κ1) is 11.5. The molecule has 0 saturated carbocycles. The third-order valence-electron chi connectivity index (χ3n) is 2.84. The van der Waals surface area contributed by atoms with Crippen molar-refractivity contribution in [1.29, 1.82) is 0 Å². The van der Waals surface area contributed by atoms with Crippen LogP contribution in [0.2, 0.25) is 0 Å². The Morgan fingerprint density at radius 2 is 1.74 bits per heavy atom. The minimum absolute atomic E-state index is 0.0316. The first-order valence-electron chi connectivity index (χ1n) is 6.10. The molecular formula is C14H13N5. The topological polar surface area (TPSA) is 63.6 Å². The summed E-state index contributed by atoms with van der Waals surface area (Å²) in [7, 11) is 0. The smallest absolute Gasteiger partial charge is 0.243 e. The maximum Gasteiger partial charge on any atom is 0.243 e. The predicted octanol–water partition coefficient (Wildman–Crippen LogP) is 2.59. The van der Waals surface area contributed by atoms with Crippen molar-refractivity contribution in [3.8, 4) is 0 Å². The molecule has 94 valence electrons. The molecule has 5 nitrogen and oxygen atoms in total. The summed E-state index contributed by atoms with van der Waals surface area (Å²) in [5.41, 5.74) is 2.56. The van der Waals surface area contributed by atoms with Crippen LogP contribution in [-0.4, -0.2) is 20.2 Å². The number of para-hydroxylation sites is 1. The highest BCUT2D eigenvalue weighted by atomic mass is 15.2. The predicted molar refractivity (Wildman–Crippen MR) is 73.6 cm³/mol. The van der Waals surface area contributed by atoms with Gasteiger partial charge in [-0.2, -0.15) is 0 Å². The van der Waals surface area contributed by atoms with Gasteiger partial charge in [0.15, 0.2) is 0 Å². The second-order valence-corrected chi connectivity index (χ2v) is 4.24. The molecule has 0 spiro atoms. The summed E-state index contributed by atoms with van der Waals surface area (Å²) in [4.78, 5) is 8.73. The van der Waals surface area contributed by atoms with Crippen LogP contribution in [0.3, 0.4) is 0 Å². The van der Waals surface area contributed by atoms with E-state index >= 15 is 0 Å². The number of hydrogen-bond acceptors (Lipinski definition) is 5. The first-order valence-corrected chi connectivity index (χ1v) is 6.10. The minimum Gasteiger partial charge on any atom is -0.345 e. The highest BCUT2D eigenvalue weighted by molar-refractivity contribution is 5.74. The number of aromatic nitrogens is 4. The van der Waals surface area contributed by atoms with Gasteiger partial charge in [-0.1, -0.05) is 18.2 Å². The Morgan fingerprint density at radius 1 is 0.947 bits per heavy atom. The molecule has 0 saturated heterocycles. The van der Waals surface area contributed by atoms with Gasteiger partial charge in [-0.05, 0) is 31.2 Å². The molecule has 0 amide bonds. The van der Waals surface area contributed by atoms with E-state index in [1.807, 2.05) is 49.4 Å². The van der Waals surface area contributed by atoms with Gasteiger partial charge in [0.2, 0.25) is 5.95 Å². The Kier molecular flexibility index (Phi) is 3.02. The number of fused-ring (bicyclic) bond motifs is 1. The fourth-order valence-electron chi connectivity index (χ4n) is 1.84. The van der Waals surface area contributed by atoms with Crippen LogP contribution in [0.15, 0.2) is 48.7 Å². The van der Waals surface area contributed by atoms with Crippen LogP contribution in [0.4, 0.5) is 5.95 Å². The number of pyridine rings is 1. The molecule has 1 unspecified atom stereocenters. The van der Waals surface area contributed by atoms with Gasteiger partial charge in [-0.15, -0.1) is 10.2 Å². The highest BCUT2D eigenvalue weighted by Crippen LogP contribution is 2.15. The summed E-state index contributed by atoms with van der Waals surface area (Å²) in [6, 6.07) is 13.5. The van der Waals surface area contributed by atoms with Gasteiger partial charge in [0.25, 0.3) is 0 Å². The van der Waals surface area contributed by atoms with E-state index < -0.39 is 0 Å². The quantitative estimate of drug-likeness (QED) is 0.775. The molecule has 0 aliphatic heterocycles. The van der Waals surface area contributed by atoms with Gasteiger partial charge in [0.1, 0.15) is 5.52 Å². The third kappa shape index (κ3) is 2.49. The lowest BCUT2D eigenvalue weighted by Crippen LogP contribution is -2.11. The van der Waals surface area contributed by atoms with Crippen LogP contribution in [0.1, 0.15) is 18.7 Å². The molecule has 0 fully saturated rings. The zero-order chi connectivity index (χ0) is 13.1. The Labute approximate surface area is 110 Å². The van der Waals surface area contributed by atoms with E-state index in [2.05, 4.69) is 25.5 Å². The minimum atomic E-state index is 0.0316. The van der Waals surface area contributed by atoms with Gasteiger partial charge in [-0.25, -0.2) is 4.98 Å². The zero-order valence-electron chi connectivity index (χ0n) is 10.5. The van der Waals surface area contributed by atoms with Crippen molar-refractivity contribution in [2.45, 2.75) is 13.0 Å². The molecule has 0 aliphatic rings. The largest absolute Gasteiger partial charge is 0.345 e. The van der Waals surface area contributed by atoms with E-state index in [-0.39, 0.29) is 6.04 Å². The summed E-state index contributed by atoms with van der Waals surface area (Å²) in [6.07, 6.45) is 1.77. The number of nitrogens with one attached hydrogen (secondary N) is 1. The molecule has 3 aromatic rings. The number of hydrogen-bond donors (Lipinski definition) is 1. The number of nitrogens with zero attached hydrogens (tertiary/aromatic N) is 4. The van der Waals surface area contributed by atoms with Crippen LogP contribution in [0.25, 0.3) is 11.0 Å². The lowest BCUT2D eigenvalue weighted by atomic mass is 10.2. The number of anilines is 1. The van der Waals surface area contributed by atoms with E-state index in [9.17, 15) is 0 Å². The van der Waals surface area contributed by atoms with E-state index in [1.54, 1.807) is 6.20 Å². The third-order valence-corrected chi connectivity index (χ3v) is 2.84. The van der Waals surface area contributed by atoms with Gasteiger partial charge in [-0.3, -0.25) is 4.98 Å². The van der Waals surface area contributed by atoms with E-state index in [0.29, 0.717) is 5.95 Å². The van der Waals surface area contributed by atoms with Crippen LogP contribution < -0.4 is 5.32 Å². The average molecular weight is 251 g/mol. The fourth-order valence-corrected chi connectivity index (χ4v) is 1.84. The Hall–Kier alpha value is -2.56. The van der Waals surface area contributed by atoms with E-state index in [4.69, 9.17) is 0 Å². The highest BCUT2D eigenvalue weighted by Gasteiger charge is 2.08. The summed E-state index contributed by atoms with van der Waals surface area (Å²) in [6.45, 7) is 2.01. The molecule has 1 atom stereocenters. The molecule has 5 heteroatoms. The normalized spacial score (nSPS) is 12.3. The van der Waals surface area contributed by atoms with Crippen molar-refractivity contribution in [2.75, 3.05) is 5.32 Å². The maximum atomic E-state index is 4.43. The van der Waals surface area contributed by atoms with Crippen molar-refractivity contribution in [3.05, 3.63) is 54.4 Å². The summed E-state index contributed by atoms with van der Waals surface area (Å²) < 4.78 is 0. The molecule has 2 aromatic heterocycles. The molecule has 3 rings (SSSR count). The standard InChI is InChI=1S/C14H13N5/c1-10(11-6-4-5-9-15-11)16-14-17-12-7-2-3-8-13(12)18-19-14/h2-10H,1H3,(H,16,17,19). The monoisotopic (exact) mass is 251 g/mol. The van der Waals surface area contributed by atoms with Gasteiger partial charge < -0.3 is 5.32 Å². The molecule has 1 aromatic carbocycles. The summed E-state index contributed by atoms with van der Waals surface area (Å²) in [5.74, 6) is 0.511. The Morgan fingerprint density at radius 3 is 2.53 bits per heavy atom. The Balaban J connectivity index is 1.85. The van der Waals surface area contributed by atoms with Crippen LogP contribution >= 0.6 is 0 Å². The van der Waals surface area contributed by atoms with Gasteiger partial charge in [0.05, 0.1) is 17.3 Å². The van der Waals surface area contributed by atoms with Crippen LogP contribution in [0.5, 0.6) is 0 Å². The first-order chi connectivity index (χ1) is 9.33. The molecule has 0 bridgehead atoms. The fraction of sp³-hybridized carbons (Fsp3) is 0.143. The zero-order valence-corrected chi connectivity index (χ0v) is 10.5. The second-order valence-electron chi connectivity index (χ2n) is 4.24. The molecular weight excluding hydrogens is 238 g/mol. The lowest BCUT2D eigenvalue weighted by molar-refractivity contribution is 0.814. The molecule has 0 radical (unpaired) electrons. The second kappa shape index (κ2) is 4.97. The van der Waals surface area contributed by atoms with Crippen molar-refractivity contribution < 1.29 is 0 Å². The van der Waals surface area contributed by atoms with Crippen LogP contribution in [0, 0.1) is 0 Å². The van der Waals surface area contributed by atoms with Crippen molar-refractivity contribution >= 4 is 17.0 Å². The number of rotatable bonds is 3.